The third-order valence-corrected chi connectivity index (χ3v) is 4.97. The summed E-state index contributed by atoms with van der Waals surface area (Å²) < 4.78 is 13.3. The van der Waals surface area contributed by atoms with Crippen molar-refractivity contribution in [2.24, 2.45) is 0 Å². The van der Waals surface area contributed by atoms with Crippen LogP contribution in [0, 0.1) is 13.8 Å². The molecule has 1 heterocycles. The molecule has 0 atom stereocenters. The molecule has 1 fully saturated rings. The van der Waals surface area contributed by atoms with Crippen molar-refractivity contribution in [3.05, 3.63) is 58.4 Å². The zero-order valence-electron chi connectivity index (χ0n) is 17.0. The highest BCUT2D eigenvalue weighted by Gasteiger charge is 2.26. The topological polar surface area (TPSA) is 57.5 Å². The Morgan fingerprint density at radius 3 is 2.61 bits per heavy atom. The number of carbonyl (C=O) groups excluding carboxylic acids is 2. The van der Waals surface area contributed by atoms with Crippen molar-refractivity contribution in [3.63, 3.8) is 0 Å². The molecule has 1 saturated carbocycles. The van der Waals surface area contributed by atoms with Crippen LogP contribution in [-0.2, 0) is 16.1 Å². The van der Waals surface area contributed by atoms with Gasteiger partial charge < -0.3 is 14.0 Å². The molecule has 0 unspecified atom stereocenters. The van der Waals surface area contributed by atoms with Crippen LogP contribution in [0.3, 0.4) is 0 Å². The number of ether oxygens (including phenoxy) is 2. The van der Waals surface area contributed by atoms with Gasteiger partial charge in [-0.1, -0.05) is 0 Å². The van der Waals surface area contributed by atoms with E-state index >= 15 is 0 Å². The second-order valence-corrected chi connectivity index (χ2v) is 7.18. The van der Waals surface area contributed by atoms with Gasteiger partial charge in [0.05, 0.1) is 6.61 Å². The molecule has 2 aromatic rings. The van der Waals surface area contributed by atoms with E-state index in [0.717, 1.165) is 5.56 Å². The Balaban J connectivity index is 1.67. The molecule has 0 N–H and O–H groups in total. The molecule has 1 aromatic carbocycles. The Morgan fingerprint density at radius 1 is 1.21 bits per heavy atom. The molecule has 1 aromatic heterocycles. The summed E-state index contributed by atoms with van der Waals surface area (Å²) in [4.78, 5) is 23.8. The van der Waals surface area contributed by atoms with E-state index in [9.17, 15) is 9.59 Å². The summed E-state index contributed by atoms with van der Waals surface area (Å²) in [6, 6.07) is 7.88. The van der Waals surface area contributed by atoms with Crippen molar-refractivity contribution in [2.75, 3.05) is 6.61 Å². The van der Waals surface area contributed by atoms with Gasteiger partial charge in [0.1, 0.15) is 12.4 Å². The number of esters is 1. The Morgan fingerprint density at radius 2 is 1.96 bits per heavy atom. The van der Waals surface area contributed by atoms with Crippen molar-refractivity contribution in [3.8, 4) is 5.75 Å². The summed E-state index contributed by atoms with van der Waals surface area (Å²) in [6.45, 7) is 8.12. The lowest BCUT2D eigenvalue weighted by molar-refractivity contribution is -0.138. The SMILES string of the molecule is CCOc1ccc(C(C)=O)cc1COC(=O)/C=C/c1cc(C)n(C2CC2)c1C. The van der Waals surface area contributed by atoms with Gasteiger partial charge in [0.2, 0.25) is 0 Å². The first-order chi connectivity index (χ1) is 13.4. The molecule has 0 bridgehead atoms. The van der Waals surface area contributed by atoms with Gasteiger partial charge in [-0.15, -0.1) is 0 Å². The number of Topliss-reactive ketones (excluding diaryl/α,β-unsaturated/α-hetero) is 1. The summed E-state index contributed by atoms with van der Waals surface area (Å²) in [7, 11) is 0. The quantitative estimate of drug-likeness (QED) is 0.374. The van der Waals surface area contributed by atoms with E-state index in [0.29, 0.717) is 29.5 Å². The normalized spacial score (nSPS) is 13.7. The maximum absolute atomic E-state index is 12.2. The summed E-state index contributed by atoms with van der Waals surface area (Å²) in [6.07, 6.45) is 5.71. The zero-order valence-corrected chi connectivity index (χ0v) is 17.0. The Kier molecular flexibility index (Phi) is 6.02. The highest BCUT2D eigenvalue weighted by atomic mass is 16.5. The predicted octanol–water partition coefficient (Wildman–Crippen LogP) is 4.80. The van der Waals surface area contributed by atoms with Crippen LogP contribution >= 0.6 is 0 Å². The number of ketones is 1. The fourth-order valence-electron chi connectivity index (χ4n) is 3.43. The number of aromatic nitrogens is 1. The molecular formula is C23H27NO4. The monoisotopic (exact) mass is 381 g/mol. The lowest BCUT2D eigenvalue weighted by atomic mass is 10.1. The average molecular weight is 381 g/mol. The third-order valence-electron chi connectivity index (χ3n) is 4.97. The molecule has 5 nitrogen and oxygen atoms in total. The van der Waals surface area contributed by atoms with Gasteiger partial charge in [0, 0.05) is 34.6 Å². The van der Waals surface area contributed by atoms with E-state index in [1.807, 2.05) is 6.92 Å². The van der Waals surface area contributed by atoms with Crippen molar-refractivity contribution in [1.29, 1.82) is 0 Å². The predicted molar refractivity (Wildman–Crippen MR) is 109 cm³/mol. The lowest BCUT2D eigenvalue weighted by Gasteiger charge is -2.11. The minimum atomic E-state index is -0.424. The number of carbonyl (C=O) groups is 2. The molecule has 5 heteroatoms. The molecule has 0 saturated heterocycles. The molecule has 0 amide bonds. The first-order valence-corrected chi connectivity index (χ1v) is 9.70. The standard InChI is InChI=1S/C23H27NO4/c1-5-27-22-10-6-19(17(4)25)13-20(22)14-28-23(26)11-7-18-12-15(2)24(16(18)3)21-8-9-21/h6-7,10-13,21H,5,8-9,14H2,1-4H3/b11-7+. The fourth-order valence-corrected chi connectivity index (χ4v) is 3.43. The van der Waals surface area contributed by atoms with Crippen LogP contribution in [0.5, 0.6) is 5.75 Å². The van der Waals surface area contributed by atoms with E-state index in [4.69, 9.17) is 9.47 Å². The molecule has 28 heavy (non-hydrogen) atoms. The molecule has 0 spiro atoms. The Bertz CT molecular complexity index is 919. The average Bonchev–Trinajstić information content (AvgIpc) is 3.44. The first kappa shape index (κ1) is 19.9. The van der Waals surface area contributed by atoms with Crippen molar-refractivity contribution in [1.82, 2.24) is 4.57 Å². The first-order valence-electron chi connectivity index (χ1n) is 9.70. The van der Waals surface area contributed by atoms with Crippen LogP contribution in [0.2, 0.25) is 0 Å². The summed E-state index contributed by atoms with van der Waals surface area (Å²) >= 11 is 0. The number of rotatable bonds is 8. The molecule has 148 valence electrons. The second kappa shape index (κ2) is 8.46. The Hall–Kier alpha value is -2.82. The van der Waals surface area contributed by atoms with Gasteiger partial charge in [-0.3, -0.25) is 4.79 Å². The number of nitrogens with zero attached hydrogens (tertiary/aromatic N) is 1. The fraction of sp³-hybridized carbons (Fsp3) is 0.391. The molecule has 0 aliphatic heterocycles. The largest absolute Gasteiger partial charge is 0.493 e. The van der Waals surface area contributed by atoms with Gasteiger partial charge >= 0.3 is 5.97 Å². The van der Waals surface area contributed by atoms with E-state index in [1.54, 1.807) is 24.3 Å². The summed E-state index contributed by atoms with van der Waals surface area (Å²) in [5.41, 5.74) is 4.68. The highest BCUT2D eigenvalue weighted by Crippen LogP contribution is 2.38. The van der Waals surface area contributed by atoms with Crippen molar-refractivity contribution in [2.45, 2.75) is 53.2 Å². The molecule has 3 rings (SSSR count). The minimum Gasteiger partial charge on any atom is -0.493 e. The number of aryl methyl sites for hydroxylation is 1. The Labute approximate surface area is 166 Å². The van der Waals surface area contributed by atoms with E-state index < -0.39 is 5.97 Å². The van der Waals surface area contributed by atoms with Crippen LogP contribution in [0.4, 0.5) is 0 Å². The number of hydrogen-bond acceptors (Lipinski definition) is 4. The third kappa shape index (κ3) is 4.53. The molecular weight excluding hydrogens is 354 g/mol. The van der Waals surface area contributed by atoms with Gasteiger partial charge in [0.15, 0.2) is 5.78 Å². The van der Waals surface area contributed by atoms with Gasteiger partial charge in [-0.25, -0.2) is 4.79 Å². The lowest BCUT2D eigenvalue weighted by Crippen LogP contribution is -2.05. The molecule has 1 aliphatic rings. The molecule has 0 radical (unpaired) electrons. The van der Waals surface area contributed by atoms with Gasteiger partial charge in [-0.2, -0.15) is 0 Å². The van der Waals surface area contributed by atoms with Crippen LogP contribution in [0.1, 0.15) is 65.6 Å². The minimum absolute atomic E-state index is 0.0402. The maximum Gasteiger partial charge on any atom is 0.331 e. The van der Waals surface area contributed by atoms with E-state index in [-0.39, 0.29) is 12.4 Å². The van der Waals surface area contributed by atoms with Crippen LogP contribution in [0.25, 0.3) is 6.08 Å². The smallest absolute Gasteiger partial charge is 0.331 e. The van der Waals surface area contributed by atoms with Crippen LogP contribution in [0.15, 0.2) is 30.3 Å². The van der Waals surface area contributed by atoms with E-state index in [2.05, 4.69) is 24.5 Å². The maximum atomic E-state index is 12.2. The highest BCUT2D eigenvalue weighted by molar-refractivity contribution is 5.94. The van der Waals surface area contributed by atoms with Gasteiger partial charge in [0.25, 0.3) is 0 Å². The van der Waals surface area contributed by atoms with Crippen molar-refractivity contribution >= 4 is 17.8 Å². The molecule has 1 aliphatic carbocycles. The van der Waals surface area contributed by atoms with E-state index in [1.165, 1.54) is 37.2 Å². The zero-order chi connectivity index (χ0) is 20.3. The number of hydrogen-bond donors (Lipinski definition) is 0. The van der Waals surface area contributed by atoms with Crippen molar-refractivity contribution < 1.29 is 19.1 Å². The summed E-state index contributed by atoms with van der Waals surface area (Å²) in [5, 5.41) is 0. The van der Waals surface area contributed by atoms with Crippen LogP contribution in [-0.4, -0.2) is 22.9 Å². The second-order valence-electron chi connectivity index (χ2n) is 7.18. The van der Waals surface area contributed by atoms with Gasteiger partial charge in [-0.05, 0) is 76.4 Å². The number of benzene rings is 1. The summed E-state index contributed by atoms with van der Waals surface area (Å²) in [5.74, 6) is 0.158. The van der Waals surface area contributed by atoms with Crippen LogP contribution < -0.4 is 4.74 Å².